The first-order valence-corrected chi connectivity index (χ1v) is 8.96. The lowest BCUT2D eigenvalue weighted by molar-refractivity contribution is -0.0533. The summed E-state index contributed by atoms with van der Waals surface area (Å²) in [4.78, 5) is 2.46. The summed E-state index contributed by atoms with van der Waals surface area (Å²) in [6.07, 6.45) is 7.22. The molecule has 5 nitrogen and oxygen atoms in total. The molecular formula is C19H25FN4O. The summed E-state index contributed by atoms with van der Waals surface area (Å²) in [7, 11) is 1.95. The largest absolute Gasteiger partial charge is 0.380 e. The van der Waals surface area contributed by atoms with Crippen molar-refractivity contribution in [2.75, 3.05) is 25.0 Å². The normalized spacial score (nSPS) is 27.0. The maximum atomic E-state index is 13.4. The molecule has 2 unspecified atom stereocenters. The molecule has 25 heavy (non-hydrogen) atoms. The zero-order valence-corrected chi connectivity index (χ0v) is 14.6. The first kappa shape index (κ1) is 16.5. The quantitative estimate of drug-likeness (QED) is 0.926. The number of anilines is 1. The predicted octanol–water partition coefficient (Wildman–Crippen LogP) is 2.79. The summed E-state index contributed by atoms with van der Waals surface area (Å²) in [6.45, 7) is 3.64. The van der Waals surface area contributed by atoms with Gasteiger partial charge >= 0.3 is 0 Å². The van der Waals surface area contributed by atoms with Crippen LogP contribution in [0.1, 0.15) is 24.8 Å². The number of aryl methyl sites for hydroxylation is 1. The standard InChI is InChI=1S/C19H25FN4O/c1-23-11-15(10-21-23)12-24-7-3-6-19(14-24)9-18(13-25-19)22-17-5-2-4-16(20)8-17/h2,4-5,8,10-11,18,22H,3,6-7,9,12-14H2,1H3. The van der Waals surface area contributed by atoms with Crippen LogP contribution in [0.5, 0.6) is 0 Å². The van der Waals surface area contributed by atoms with Crippen molar-refractivity contribution in [2.24, 2.45) is 7.05 Å². The molecule has 4 rings (SSSR count). The number of ether oxygens (including phenoxy) is 1. The Kier molecular flexibility index (Phi) is 4.48. The highest BCUT2D eigenvalue weighted by molar-refractivity contribution is 5.44. The molecule has 6 heteroatoms. The lowest BCUT2D eigenvalue weighted by atomic mass is 9.88. The first-order chi connectivity index (χ1) is 12.1. The molecule has 134 valence electrons. The van der Waals surface area contributed by atoms with E-state index in [-0.39, 0.29) is 17.5 Å². The Morgan fingerprint density at radius 2 is 2.36 bits per heavy atom. The second-order valence-electron chi connectivity index (χ2n) is 7.39. The van der Waals surface area contributed by atoms with Crippen molar-refractivity contribution in [3.8, 4) is 0 Å². The molecule has 1 aromatic heterocycles. The minimum Gasteiger partial charge on any atom is -0.380 e. The van der Waals surface area contributed by atoms with Crippen LogP contribution >= 0.6 is 0 Å². The zero-order valence-electron chi connectivity index (χ0n) is 14.6. The van der Waals surface area contributed by atoms with Crippen molar-refractivity contribution in [2.45, 2.75) is 37.5 Å². The highest BCUT2D eigenvalue weighted by Crippen LogP contribution is 2.36. The molecule has 0 bridgehead atoms. The summed E-state index contributed by atoms with van der Waals surface area (Å²) < 4.78 is 21.5. The summed E-state index contributed by atoms with van der Waals surface area (Å²) in [5.41, 5.74) is 1.99. The highest BCUT2D eigenvalue weighted by Gasteiger charge is 2.43. The third kappa shape index (κ3) is 3.85. The van der Waals surface area contributed by atoms with Crippen molar-refractivity contribution >= 4 is 5.69 Å². The van der Waals surface area contributed by atoms with Gasteiger partial charge in [-0.25, -0.2) is 4.39 Å². The number of benzene rings is 1. The Hall–Kier alpha value is -1.92. The SMILES string of the molecule is Cn1cc(CN2CCCC3(CC(Nc4cccc(F)c4)CO3)C2)cn1. The lowest BCUT2D eigenvalue weighted by Crippen LogP contribution is -2.47. The van der Waals surface area contributed by atoms with Gasteiger partial charge in [0, 0.05) is 37.6 Å². The van der Waals surface area contributed by atoms with Crippen LogP contribution in [0.3, 0.4) is 0 Å². The molecule has 2 aliphatic rings. The van der Waals surface area contributed by atoms with E-state index >= 15 is 0 Å². The van der Waals surface area contributed by atoms with Crippen LogP contribution in [0.15, 0.2) is 36.7 Å². The van der Waals surface area contributed by atoms with Crippen LogP contribution in [0.2, 0.25) is 0 Å². The van der Waals surface area contributed by atoms with Crippen LogP contribution in [-0.4, -0.2) is 46.0 Å². The topological polar surface area (TPSA) is 42.3 Å². The minimum absolute atomic E-state index is 0.0779. The monoisotopic (exact) mass is 344 g/mol. The average Bonchev–Trinajstić information content (AvgIpc) is 3.14. The van der Waals surface area contributed by atoms with E-state index in [4.69, 9.17) is 4.74 Å². The molecule has 1 spiro atoms. The molecule has 0 amide bonds. The first-order valence-electron chi connectivity index (χ1n) is 8.96. The molecule has 1 N–H and O–H groups in total. The zero-order chi connectivity index (χ0) is 17.3. The lowest BCUT2D eigenvalue weighted by Gasteiger charge is -2.39. The highest BCUT2D eigenvalue weighted by atomic mass is 19.1. The molecule has 2 aliphatic heterocycles. The number of rotatable bonds is 4. The van der Waals surface area contributed by atoms with E-state index < -0.39 is 0 Å². The minimum atomic E-state index is -0.209. The molecular weight excluding hydrogens is 319 g/mol. The number of nitrogens with one attached hydrogen (secondary N) is 1. The molecule has 0 radical (unpaired) electrons. The van der Waals surface area contributed by atoms with Crippen LogP contribution in [0.4, 0.5) is 10.1 Å². The summed E-state index contributed by atoms with van der Waals surface area (Å²) >= 11 is 0. The van der Waals surface area contributed by atoms with Crippen molar-refractivity contribution in [3.05, 3.63) is 48.0 Å². The third-order valence-electron chi connectivity index (χ3n) is 5.19. The molecule has 2 fully saturated rings. The second-order valence-corrected chi connectivity index (χ2v) is 7.39. The van der Waals surface area contributed by atoms with Gasteiger partial charge in [-0.3, -0.25) is 9.58 Å². The molecule has 2 saturated heterocycles. The maximum Gasteiger partial charge on any atom is 0.125 e. The predicted molar refractivity (Wildman–Crippen MR) is 94.8 cm³/mol. The second kappa shape index (κ2) is 6.77. The smallest absolute Gasteiger partial charge is 0.125 e. The van der Waals surface area contributed by atoms with Gasteiger partial charge in [-0.2, -0.15) is 5.10 Å². The maximum absolute atomic E-state index is 13.4. The summed E-state index contributed by atoms with van der Waals surface area (Å²) in [5, 5.41) is 7.68. The molecule has 1 aromatic carbocycles. The van der Waals surface area contributed by atoms with Gasteiger partial charge < -0.3 is 10.1 Å². The van der Waals surface area contributed by atoms with E-state index in [0.717, 1.165) is 44.6 Å². The Morgan fingerprint density at radius 1 is 1.44 bits per heavy atom. The van der Waals surface area contributed by atoms with Crippen LogP contribution in [0, 0.1) is 5.82 Å². The number of hydrogen-bond acceptors (Lipinski definition) is 4. The van der Waals surface area contributed by atoms with Gasteiger partial charge in [-0.1, -0.05) is 6.07 Å². The fourth-order valence-electron chi connectivity index (χ4n) is 4.17. The van der Waals surface area contributed by atoms with E-state index in [9.17, 15) is 4.39 Å². The van der Waals surface area contributed by atoms with Crippen LogP contribution < -0.4 is 5.32 Å². The third-order valence-corrected chi connectivity index (χ3v) is 5.19. The molecule has 0 aliphatic carbocycles. The Bertz CT molecular complexity index is 734. The fraction of sp³-hybridized carbons (Fsp3) is 0.526. The number of likely N-dealkylation sites (tertiary alicyclic amines) is 1. The van der Waals surface area contributed by atoms with Crippen molar-refractivity contribution in [1.29, 1.82) is 0 Å². The number of nitrogens with zero attached hydrogens (tertiary/aromatic N) is 3. The van der Waals surface area contributed by atoms with E-state index in [1.807, 2.05) is 24.0 Å². The molecule has 2 aromatic rings. The van der Waals surface area contributed by atoms with Gasteiger partial charge in [-0.15, -0.1) is 0 Å². The van der Waals surface area contributed by atoms with Gasteiger partial charge in [0.2, 0.25) is 0 Å². The van der Waals surface area contributed by atoms with Gasteiger partial charge in [0.05, 0.1) is 24.4 Å². The van der Waals surface area contributed by atoms with Crippen LogP contribution in [-0.2, 0) is 18.3 Å². The van der Waals surface area contributed by atoms with Gasteiger partial charge in [0.15, 0.2) is 0 Å². The average molecular weight is 344 g/mol. The summed E-state index contributed by atoms with van der Waals surface area (Å²) in [6, 6.07) is 6.89. The Morgan fingerprint density at radius 3 is 3.16 bits per heavy atom. The Labute approximate surface area is 147 Å². The molecule has 3 heterocycles. The molecule has 0 saturated carbocycles. The fourth-order valence-corrected chi connectivity index (χ4v) is 4.17. The van der Waals surface area contributed by atoms with Gasteiger partial charge in [-0.05, 0) is 44.0 Å². The van der Waals surface area contributed by atoms with Crippen molar-refractivity contribution in [1.82, 2.24) is 14.7 Å². The number of halogens is 1. The van der Waals surface area contributed by atoms with Crippen molar-refractivity contribution < 1.29 is 9.13 Å². The van der Waals surface area contributed by atoms with E-state index in [2.05, 4.69) is 21.5 Å². The number of aromatic nitrogens is 2. The molecule has 2 atom stereocenters. The van der Waals surface area contributed by atoms with Gasteiger partial charge in [0.25, 0.3) is 0 Å². The van der Waals surface area contributed by atoms with E-state index in [1.54, 1.807) is 12.1 Å². The number of piperidine rings is 1. The van der Waals surface area contributed by atoms with Crippen molar-refractivity contribution in [3.63, 3.8) is 0 Å². The number of hydrogen-bond donors (Lipinski definition) is 1. The van der Waals surface area contributed by atoms with Gasteiger partial charge in [0.1, 0.15) is 5.82 Å². The van der Waals surface area contributed by atoms with E-state index in [0.29, 0.717) is 6.61 Å². The van der Waals surface area contributed by atoms with Crippen LogP contribution in [0.25, 0.3) is 0 Å². The van der Waals surface area contributed by atoms with E-state index in [1.165, 1.54) is 11.6 Å². The Balaban J connectivity index is 1.37. The summed E-state index contributed by atoms with van der Waals surface area (Å²) in [5.74, 6) is -0.209.